The molecular weight excluding hydrogens is 455 g/mol. The Hall–Kier alpha value is -3.17. The topological polar surface area (TPSA) is 108 Å². The van der Waals surface area contributed by atoms with Crippen molar-refractivity contribution in [3.8, 4) is 0 Å². The summed E-state index contributed by atoms with van der Waals surface area (Å²) < 4.78 is 4.28. The maximum Gasteiger partial charge on any atom is 0.330 e. The number of unbranched alkanes of at least 4 members (excludes halogenated alkanes) is 1. The highest BCUT2D eigenvalue weighted by Crippen LogP contribution is 2.17. The molecule has 4 rings (SSSR count). The fourth-order valence-electron chi connectivity index (χ4n) is 3.50. The number of imidazole rings is 1. The Morgan fingerprint density at radius 2 is 1.78 bits per heavy atom. The van der Waals surface area contributed by atoms with Gasteiger partial charge in [0.25, 0.3) is 11.1 Å². The SMILES string of the molecule is CCCCn1c(Cn2ncc(Cl)c(Cl)c2=O)nc2c1c(=O)[nH]c(=O)n2Cc1ccccc1. The summed E-state index contributed by atoms with van der Waals surface area (Å²) in [7, 11) is 0. The number of aryl methyl sites for hydroxylation is 1. The van der Waals surface area contributed by atoms with E-state index in [1.807, 2.05) is 37.3 Å². The van der Waals surface area contributed by atoms with Gasteiger partial charge in [-0.25, -0.2) is 14.5 Å². The Kier molecular flexibility index (Phi) is 6.29. The van der Waals surface area contributed by atoms with Crippen molar-refractivity contribution in [1.82, 2.24) is 28.9 Å². The van der Waals surface area contributed by atoms with Crippen LogP contribution >= 0.6 is 23.2 Å². The number of benzene rings is 1. The van der Waals surface area contributed by atoms with Crippen LogP contribution in [0.1, 0.15) is 31.2 Å². The van der Waals surface area contributed by atoms with Crippen molar-refractivity contribution in [3.05, 3.63) is 89.2 Å². The molecular formula is C21H20Cl2N6O3. The van der Waals surface area contributed by atoms with Crippen molar-refractivity contribution in [2.24, 2.45) is 0 Å². The molecule has 0 aliphatic rings. The van der Waals surface area contributed by atoms with E-state index in [1.165, 1.54) is 10.8 Å². The van der Waals surface area contributed by atoms with Crippen LogP contribution in [0.25, 0.3) is 11.2 Å². The molecule has 0 saturated carbocycles. The third-order valence-corrected chi connectivity index (χ3v) is 5.87. The summed E-state index contributed by atoms with van der Waals surface area (Å²) >= 11 is 11.9. The van der Waals surface area contributed by atoms with Gasteiger partial charge in [-0.2, -0.15) is 5.10 Å². The third-order valence-electron chi connectivity index (χ3n) is 5.12. The molecule has 3 heterocycles. The van der Waals surface area contributed by atoms with Gasteiger partial charge in [-0.05, 0) is 12.0 Å². The lowest BCUT2D eigenvalue weighted by Gasteiger charge is -2.10. The van der Waals surface area contributed by atoms with Gasteiger partial charge in [-0.15, -0.1) is 0 Å². The Morgan fingerprint density at radius 1 is 1.03 bits per heavy atom. The maximum absolute atomic E-state index is 12.8. The lowest BCUT2D eigenvalue weighted by Crippen LogP contribution is -2.31. The molecule has 0 spiro atoms. The van der Waals surface area contributed by atoms with Gasteiger partial charge in [0.1, 0.15) is 17.4 Å². The fourth-order valence-corrected chi connectivity index (χ4v) is 3.77. The lowest BCUT2D eigenvalue weighted by atomic mass is 10.2. The van der Waals surface area contributed by atoms with E-state index in [4.69, 9.17) is 23.2 Å². The first-order chi connectivity index (χ1) is 15.4. The summed E-state index contributed by atoms with van der Waals surface area (Å²) in [6.07, 6.45) is 2.94. The minimum absolute atomic E-state index is 0.0346. The van der Waals surface area contributed by atoms with Crippen molar-refractivity contribution in [3.63, 3.8) is 0 Å². The standard InChI is InChI=1S/C21H20Cl2N6O3/c1-2-3-9-27-15(12-29-20(31)16(23)14(22)10-24-29)25-18-17(27)19(30)26-21(32)28(18)11-13-7-5-4-6-8-13/h4-8,10H,2-3,9,11-12H2,1H3,(H,26,30,32). The molecule has 0 unspecified atom stereocenters. The average molecular weight is 475 g/mol. The largest absolute Gasteiger partial charge is 0.330 e. The molecule has 11 heteroatoms. The van der Waals surface area contributed by atoms with Crippen LogP contribution in [0.4, 0.5) is 0 Å². The fraction of sp³-hybridized carbons (Fsp3) is 0.286. The van der Waals surface area contributed by atoms with Crippen LogP contribution in [-0.2, 0) is 19.6 Å². The number of halogens is 2. The average Bonchev–Trinajstić information content (AvgIpc) is 3.14. The van der Waals surface area contributed by atoms with Gasteiger partial charge in [-0.1, -0.05) is 66.9 Å². The summed E-state index contributed by atoms with van der Waals surface area (Å²) in [4.78, 5) is 44.9. The molecule has 0 aliphatic heterocycles. The Labute approximate surface area is 191 Å². The second kappa shape index (κ2) is 9.13. The predicted octanol–water partition coefficient (Wildman–Crippen LogP) is 2.65. The van der Waals surface area contributed by atoms with E-state index in [2.05, 4.69) is 15.1 Å². The van der Waals surface area contributed by atoms with Gasteiger partial charge in [0.2, 0.25) is 0 Å². The van der Waals surface area contributed by atoms with Crippen molar-refractivity contribution in [1.29, 1.82) is 0 Å². The van der Waals surface area contributed by atoms with E-state index in [0.29, 0.717) is 12.4 Å². The zero-order chi connectivity index (χ0) is 22.8. The van der Waals surface area contributed by atoms with Gasteiger partial charge < -0.3 is 4.57 Å². The molecule has 0 aliphatic carbocycles. The number of hydrogen-bond donors (Lipinski definition) is 1. The van der Waals surface area contributed by atoms with Crippen LogP contribution in [-0.4, -0.2) is 28.9 Å². The highest BCUT2D eigenvalue weighted by Gasteiger charge is 2.20. The normalized spacial score (nSPS) is 11.3. The van der Waals surface area contributed by atoms with Gasteiger partial charge >= 0.3 is 5.69 Å². The van der Waals surface area contributed by atoms with E-state index in [0.717, 1.165) is 23.1 Å². The molecule has 0 bridgehead atoms. The van der Waals surface area contributed by atoms with Crippen LogP contribution in [0.3, 0.4) is 0 Å². The van der Waals surface area contributed by atoms with Crippen molar-refractivity contribution in [2.75, 3.05) is 0 Å². The van der Waals surface area contributed by atoms with E-state index in [1.54, 1.807) is 4.57 Å². The summed E-state index contributed by atoms with van der Waals surface area (Å²) in [5, 5.41) is 3.95. The summed E-state index contributed by atoms with van der Waals surface area (Å²) in [6, 6.07) is 9.40. The summed E-state index contributed by atoms with van der Waals surface area (Å²) in [6.45, 7) is 2.72. The molecule has 9 nitrogen and oxygen atoms in total. The van der Waals surface area contributed by atoms with E-state index in [9.17, 15) is 14.4 Å². The molecule has 1 aromatic carbocycles. The first-order valence-electron chi connectivity index (χ1n) is 10.1. The molecule has 0 fully saturated rings. The quantitative estimate of drug-likeness (QED) is 0.442. The van der Waals surface area contributed by atoms with Crippen LogP contribution in [0.2, 0.25) is 10.0 Å². The monoisotopic (exact) mass is 474 g/mol. The molecule has 0 radical (unpaired) electrons. The van der Waals surface area contributed by atoms with Crippen LogP contribution in [0.5, 0.6) is 0 Å². The molecule has 0 saturated heterocycles. The van der Waals surface area contributed by atoms with Gasteiger partial charge in [-0.3, -0.25) is 19.1 Å². The number of aromatic amines is 1. The molecule has 4 aromatic rings. The second-order valence-corrected chi connectivity index (χ2v) is 8.09. The number of aromatic nitrogens is 6. The predicted molar refractivity (Wildman–Crippen MR) is 123 cm³/mol. The molecule has 32 heavy (non-hydrogen) atoms. The third kappa shape index (κ3) is 4.13. The van der Waals surface area contributed by atoms with Crippen molar-refractivity contribution >= 4 is 34.4 Å². The molecule has 1 N–H and O–H groups in total. The number of nitrogens with one attached hydrogen (secondary N) is 1. The number of fused-ring (bicyclic) bond motifs is 1. The Balaban J connectivity index is 1.91. The number of H-pyrrole nitrogens is 1. The smallest absolute Gasteiger partial charge is 0.321 e. The van der Waals surface area contributed by atoms with E-state index < -0.39 is 16.8 Å². The minimum atomic E-state index is -0.566. The molecule has 3 aromatic heterocycles. The minimum Gasteiger partial charge on any atom is -0.321 e. The van der Waals surface area contributed by atoms with E-state index >= 15 is 0 Å². The molecule has 0 atom stereocenters. The van der Waals surface area contributed by atoms with E-state index in [-0.39, 0.29) is 34.3 Å². The number of hydrogen-bond acceptors (Lipinski definition) is 5. The van der Waals surface area contributed by atoms with Gasteiger partial charge in [0.15, 0.2) is 11.2 Å². The summed E-state index contributed by atoms with van der Waals surface area (Å²) in [5.74, 6) is 0.416. The van der Waals surface area contributed by atoms with Crippen LogP contribution < -0.4 is 16.8 Å². The molecule has 0 amide bonds. The zero-order valence-corrected chi connectivity index (χ0v) is 18.7. The Bertz CT molecular complexity index is 1450. The van der Waals surface area contributed by atoms with Crippen LogP contribution in [0.15, 0.2) is 50.9 Å². The van der Waals surface area contributed by atoms with Crippen LogP contribution in [0, 0.1) is 0 Å². The number of rotatable bonds is 7. The highest BCUT2D eigenvalue weighted by molar-refractivity contribution is 6.41. The van der Waals surface area contributed by atoms with Gasteiger partial charge in [0.05, 0.1) is 17.8 Å². The maximum atomic E-state index is 12.8. The van der Waals surface area contributed by atoms with Crippen molar-refractivity contribution < 1.29 is 0 Å². The Morgan fingerprint density at radius 3 is 2.50 bits per heavy atom. The highest BCUT2D eigenvalue weighted by atomic mass is 35.5. The zero-order valence-electron chi connectivity index (χ0n) is 17.2. The first kappa shape index (κ1) is 22.0. The second-order valence-electron chi connectivity index (χ2n) is 7.31. The lowest BCUT2D eigenvalue weighted by molar-refractivity contribution is 0.559. The molecule has 166 valence electrons. The first-order valence-corrected chi connectivity index (χ1v) is 10.8. The number of nitrogens with zero attached hydrogens (tertiary/aromatic N) is 5. The van der Waals surface area contributed by atoms with Crippen molar-refractivity contribution in [2.45, 2.75) is 39.4 Å². The van der Waals surface area contributed by atoms with Gasteiger partial charge in [0, 0.05) is 6.54 Å². The summed E-state index contributed by atoms with van der Waals surface area (Å²) in [5.41, 5.74) is -0.237.